The van der Waals surface area contributed by atoms with Gasteiger partial charge >= 0.3 is 0 Å². The first-order chi connectivity index (χ1) is 9.24. The van der Waals surface area contributed by atoms with E-state index < -0.39 is 0 Å². The van der Waals surface area contributed by atoms with E-state index in [0.717, 1.165) is 19.3 Å². The second-order valence-corrected chi connectivity index (χ2v) is 7.16. The molecule has 20 heavy (non-hydrogen) atoms. The number of rotatable bonds is 10. The molecular weight excluding hydrogens is 246 g/mol. The average Bonchev–Trinajstić information content (AvgIpc) is 2.36. The van der Waals surface area contributed by atoms with Crippen LogP contribution in [0.1, 0.15) is 67.7 Å². The van der Waals surface area contributed by atoms with Crippen molar-refractivity contribution < 1.29 is 0 Å². The van der Waals surface area contributed by atoms with E-state index in [0.29, 0.717) is 42.5 Å². The molecular formula is C17H39N3. The SMILES string of the molecule is CC[C@@H](C)N(CN)C(C)[C@H](C)C(C)CC(N)CC(C)C. The molecule has 0 aromatic heterocycles. The Hall–Kier alpha value is -0.120. The molecule has 3 nitrogen and oxygen atoms in total. The number of nitrogens with two attached hydrogens (primary N) is 2. The van der Waals surface area contributed by atoms with Crippen molar-refractivity contribution in [3.8, 4) is 0 Å². The fourth-order valence-electron chi connectivity index (χ4n) is 3.15. The van der Waals surface area contributed by atoms with Crippen molar-refractivity contribution in [1.82, 2.24) is 4.90 Å². The van der Waals surface area contributed by atoms with Crippen LogP contribution in [0.5, 0.6) is 0 Å². The van der Waals surface area contributed by atoms with Gasteiger partial charge in [0.05, 0.1) is 0 Å². The standard InChI is InChI=1S/C17H39N3/c1-8-14(5)20(11-18)16(7)15(6)13(4)10-17(19)9-12(2)3/h12-17H,8-11,18-19H2,1-7H3/t13?,14-,15-,16?,17?/m1/s1. The number of hydrogen-bond acceptors (Lipinski definition) is 3. The van der Waals surface area contributed by atoms with Gasteiger partial charge in [-0.1, -0.05) is 34.6 Å². The van der Waals surface area contributed by atoms with Gasteiger partial charge in [0.2, 0.25) is 0 Å². The molecule has 0 aliphatic heterocycles. The maximum Gasteiger partial charge on any atom is 0.0460 e. The summed E-state index contributed by atoms with van der Waals surface area (Å²) in [5, 5.41) is 0. The summed E-state index contributed by atoms with van der Waals surface area (Å²) in [7, 11) is 0. The summed E-state index contributed by atoms with van der Waals surface area (Å²) in [6, 6.07) is 1.39. The van der Waals surface area contributed by atoms with Crippen molar-refractivity contribution in [3.63, 3.8) is 0 Å². The Morgan fingerprint density at radius 1 is 0.950 bits per heavy atom. The normalized spacial score (nSPS) is 19.9. The minimum Gasteiger partial charge on any atom is -0.328 e. The van der Waals surface area contributed by atoms with E-state index in [1.54, 1.807) is 0 Å². The van der Waals surface area contributed by atoms with Gasteiger partial charge in [0.1, 0.15) is 0 Å². The zero-order valence-electron chi connectivity index (χ0n) is 14.9. The van der Waals surface area contributed by atoms with Crippen molar-refractivity contribution in [2.24, 2.45) is 29.2 Å². The van der Waals surface area contributed by atoms with Crippen LogP contribution < -0.4 is 11.5 Å². The average molecular weight is 286 g/mol. The van der Waals surface area contributed by atoms with Gasteiger partial charge < -0.3 is 11.5 Å². The zero-order chi connectivity index (χ0) is 15.9. The Morgan fingerprint density at radius 2 is 1.50 bits per heavy atom. The summed E-state index contributed by atoms with van der Waals surface area (Å²) >= 11 is 0. The van der Waals surface area contributed by atoms with E-state index in [1.165, 1.54) is 0 Å². The highest BCUT2D eigenvalue weighted by Crippen LogP contribution is 2.25. The first kappa shape index (κ1) is 19.9. The van der Waals surface area contributed by atoms with Gasteiger partial charge in [0.15, 0.2) is 0 Å². The van der Waals surface area contributed by atoms with Gasteiger partial charge in [-0.2, -0.15) is 0 Å². The molecule has 0 radical (unpaired) electrons. The van der Waals surface area contributed by atoms with Crippen molar-refractivity contribution in [1.29, 1.82) is 0 Å². The first-order valence-corrected chi connectivity index (χ1v) is 8.45. The van der Waals surface area contributed by atoms with Crippen LogP contribution in [0.15, 0.2) is 0 Å². The highest BCUT2D eigenvalue weighted by molar-refractivity contribution is 4.81. The van der Waals surface area contributed by atoms with E-state index in [2.05, 4.69) is 53.4 Å². The van der Waals surface area contributed by atoms with Gasteiger partial charge in [0, 0.05) is 24.8 Å². The Labute approximate surface area is 127 Å². The lowest BCUT2D eigenvalue weighted by Gasteiger charge is -2.39. The maximum absolute atomic E-state index is 6.27. The van der Waals surface area contributed by atoms with Crippen molar-refractivity contribution >= 4 is 0 Å². The number of nitrogens with zero attached hydrogens (tertiary/aromatic N) is 1. The second kappa shape index (κ2) is 9.75. The molecule has 0 aliphatic carbocycles. The molecule has 0 heterocycles. The van der Waals surface area contributed by atoms with Crippen molar-refractivity contribution in [2.75, 3.05) is 6.67 Å². The van der Waals surface area contributed by atoms with Crippen LogP contribution in [0.4, 0.5) is 0 Å². The van der Waals surface area contributed by atoms with E-state index in [9.17, 15) is 0 Å². The lowest BCUT2D eigenvalue weighted by Crippen LogP contribution is -2.48. The first-order valence-electron chi connectivity index (χ1n) is 8.45. The molecule has 5 atom stereocenters. The molecule has 0 amide bonds. The Kier molecular flexibility index (Phi) is 9.69. The predicted octanol–water partition coefficient (Wildman–Crippen LogP) is 3.43. The Morgan fingerprint density at radius 3 is 1.90 bits per heavy atom. The van der Waals surface area contributed by atoms with Gasteiger partial charge in [-0.3, -0.25) is 4.90 Å². The molecule has 0 bridgehead atoms. The minimum atomic E-state index is 0.328. The molecule has 3 unspecified atom stereocenters. The Balaban J connectivity index is 4.50. The van der Waals surface area contributed by atoms with Crippen molar-refractivity contribution in [2.45, 2.75) is 85.9 Å². The highest BCUT2D eigenvalue weighted by Gasteiger charge is 2.27. The van der Waals surface area contributed by atoms with Crippen LogP contribution >= 0.6 is 0 Å². The van der Waals surface area contributed by atoms with Gasteiger partial charge in [-0.05, 0) is 50.9 Å². The van der Waals surface area contributed by atoms with Gasteiger partial charge in [-0.15, -0.1) is 0 Å². The van der Waals surface area contributed by atoms with Crippen LogP contribution in [0.3, 0.4) is 0 Å². The monoisotopic (exact) mass is 285 g/mol. The highest BCUT2D eigenvalue weighted by atomic mass is 15.2. The van der Waals surface area contributed by atoms with E-state index in [1.807, 2.05) is 0 Å². The van der Waals surface area contributed by atoms with Crippen molar-refractivity contribution in [3.05, 3.63) is 0 Å². The third-order valence-electron chi connectivity index (χ3n) is 5.00. The van der Waals surface area contributed by atoms with Gasteiger partial charge in [0.25, 0.3) is 0 Å². The van der Waals surface area contributed by atoms with Crippen LogP contribution in [-0.4, -0.2) is 29.7 Å². The van der Waals surface area contributed by atoms with Crippen LogP contribution in [0.25, 0.3) is 0 Å². The third-order valence-corrected chi connectivity index (χ3v) is 5.00. The summed E-state index contributed by atoms with van der Waals surface area (Å²) in [6.07, 6.45) is 3.38. The molecule has 0 rings (SSSR count). The quantitative estimate of drug-likeness (QED) is 0.605. The predicted molar refractivity (Wildman–Crippen MR) is 90.5 cm³/mol. The van der Waals surface area contributed by atoms with Crippen LogP contribution in [-0.2, 0) is 0 Å². The van der Waals surface area contributed by atoms with E-state index in [4.69, 9.17) is 11.5 Å². The summed E-state index contributed by atoms with van der Waals surface area (Å²) < 4.78 is 0. The summed E-state index contributed by atoms with van der Waals surface area (Å²) in [5.41, 5.74) is 12.2. The van der Waals surface area contributed by atoms with Gasteiger partial charge in [-0.25, -0.2) is 0 Å². The molecule has 122 valence electrons. The summed E-state index contributed by atoms with van der Waals surface area (Å²) in [5.74, 6) is 1.94. The molecule has 0 spiro atoms. The lowest BCUT2D eigenvalue weighted by atomic mass is 9.83. The third kappa shape index (κ3) is 6.55. The fourth-order valence-corrected chi connectivity index (χ4v) is 3.15. The van der Waals surface area contributed by atoms with Crippen LogP contribution in [0.2, 0.25) is 0 Å². The molecule has 0 saturated carbocycles. The zero-order valence-corrected chi connectivity index (χ0v) is 14.9. The fraction of sp³-hybridized carbons (Fsp3) is 1.00. The summed E-state index contributed by atoms with van der Waals surface area (Å²) in [4.78, 5) is 2.43. The molecule has 3 heteroatoms. The minimum absolute atomic E-state index is 0.328. The molecule has 0 aromatic carbocycles. The van der Waals surface area contributed by atoms with E-state index >= 15 is 0 Å². The lowest BCUT2D eigenvalue weighted by molar-refractivity contribution is 0.0906. The largest absolute Gasteiger partial charge is 0.328 e. The van der Waals surface area contributed by atoms with E-state index in [-0.39, 0.29) is 0 Å². The molecule has 0 fully saturated rings. The summed E-state index contributed by atoms with van der Waals surface area (Å²) in [6.45, 7) is 16.6. The smallest absolute Gasteiger partial charge is 0.0460 e. The molecule has 0 aromatic rings. The number of hydrogen-bond donors (Lipinski definition) is 2. The maximum atomic E-state index is 6.27. The molecule has 0 aliphatic rings. The Bertz CT molecular complexity index is 242. The molecule has 4 N–H and O–H groups in total. The van der Waals surface area contributed by atoms with Crippen LogP contribution in [0, 0.1) is 17.8 Å². The topological polar surface area (TPSA) is 55.3 Å². The molecule has 0 saturated heterocycles. The second-order valence-electron chi connectivity index (χ2n) is 7.16.